The van der Waals surface area contributed by atoms with Crippen molar-refractivity contribution < 1.29 is 18.0 Å². The van der Waals surface area contributed by atoms with Crippen LogP contribution < -0.4 is 5.32 Å². The monoisotopic (exact) mass is 471 g/mol. The summed E-state index contributed by atoms with van der Waals surface area (Å²) in [5.74, 6) is -0.865. The van der Waals surface area contributed by atoms with Crippen molar-refractivity contribution in [2.75, 3.05) is 0 Å². The first kappa shape index (κ1) is 20.4. The molecule has 1 N–H and O–H groups in total. The molecule has 1 unspecified atom stereocenters. The van der Waals surface area contributed by atoms with Gasteiger partial charge in [0.2, 0.25) is 0 Å². The smallest absolute Gasteiger partial charge is 0.345 e. The van der Waals surface area contributed by atoms with Crippen molar-refractivity contribution in [2.24, 2.45) is 0 Å². The summed E-state index contributed by atoms with van der Waals surface area (Å²) in [5, 5.41) is 6.76. The van der Waals surface area contributed by atoms with Crippen molar-refractivity contribution in [3.05, 3.63) is 81.0 Å². The molecule has 1 amide bonds. The third-order valence-corrected chi connectivity index (χ3v) is 5.05. The molecule has 0 fully saturated rings. The van der Waals surface area contributed by atoms with Crippen LogP contribution in [-0.4, -0.2) is 15.7 Å². The molecule has 4 nitrogen and oxygen atoms in total. The first-order valence-electron chi connectivity index (χ1n) is 8.15. The highest BCUT2D eigenvalue weighted by molar-refractivity contribution is 9.10. The standard InChI is InChI=1S/C19H14BrClF3N3O/c1-11(14-4-2-3-5-16(14)20)26-18(28)15-10-25-27(17(15)19(22,23)24)13-8-6-12(21)7-9-13/h2-11H,1H3,(H,26,28). The summed E-state index contributed by atoms with van der Waals surface area (Å²) in [4.78, 5) is 12.6. The van der Waals surface area contributed by atoms with E-state index in [1.807, 2.05) is 0 Å². The lowest BCUT2D eigenvalue weighted by molar-refractivity contribution is -0.143. The van der Waals surface area contributed by atoms with E-state index in [1.54, 1.807) is 31.2 Å². The van der Waals surface area contributed by atoms with Gasteiger partial charge in [-0.25, -0.2) is 4.68 Å². The molecule has 9 heteroatoms. The van der Waals surface area contributed by atoms with Gasteiger partial charge in [-0.05, 0) is 42.8 Å². The number of hydrogen-bond donors (Lipinski definition) is 1. The highest BCUT2D eigenvalue weighted by Gasteiger charge is 2.40. The van der Waals surface area contributed by atoms with E-state index >= 15 is 0 Å². The fourth-order valence-corrected chi connectivity index (χ4v) is 3.50. The maximum atomic E-state index is 13.7. The van der Waals surface area contributed by atoms with E-state index in [-0.39, 0.29) is 5.69 Å². The number of halogens is 5. The number of hydrogen-bond acceptors (Lipinski definition) is 2. The number of nitrogens with zero attached hydrogens (tertiary/aromatic N) is 2. The fraction of sp³-hybridized carbons (Fsp3) is 0.158. The number of carbonyl (C=O) groups excluding carboxylic acids is 1. The minimum absolute atomic E-state index is 0.148. The zero-order valence-corrected chi connectivity index (χ0v) is 16.8. The number of nitrogens with one attached hydrogen (secondary N) is 1. The van der Waals surface area contributed by atoms with E-state index in [4.69, 9.17) is 11.6 Å². The molecule has 3 rings (SSSR count). The number of benzene rings is 2. The minimum atomic E-state index is -4.78. The summed E-state index contributed by atoms with van der Waals surface area (Å²) in [7, 11) is 0. The van der Waals surface area contributed by atoms with Crippen molar-refractivity contribution >= 4 is 33.4 Å². The van der Waals surface area contributed by atoms with E-state index in [9.17, 15) is 18.0 Å². The highest BCUT2D eigenvalue weighted by atomic mass is 79.9. The van der Waals surface area contributed by atoms with Crippen molar-refractivity contribution in [1.82, 2.24) is 15.1 Å². The van der Waals surface area contributed by atoms with Crippen LogP contribution in [0.1, 0.15) is 34.6 Å². The van der Waals surface area contributed by atoms with Gasteiger partial charge in [0.15, 0.2) is 5.69 Å². The van der Waals surface area contributed by atoms with Crippen molar-refractivity contribution in [2.45, 2.75) is 19.1 Å². The Morgan fingerprint density at radius 1 is 1.18 bits per heavy atom. The molecule has 0 bridgehead atoms. The maximum absolute atomic E-state index is 13.7. The molecule has 28 heavy (non-hydrogen) atoms. The van der Waals surface area contributed by atoms with Crippen molar-refractivity contribution in [3.8, 4) is 5.69 Å². The SMILES string of the molecule is CC(NC(=O)c1cnn(-c2ccc(Cl)cc2)c1C(F)(F)F)c1ccccc1Br. The van der Waals surface area contributed by atoms with Crippen LogP contribution in [0.3, 0.4) is 0 Å². The molecule has 0 aliphatic carbocycles. The molecule has 0 saturated carbocycles. The molecule has 2 aromatic carbocycles. The molecule has 0 aliphatic heterocycles. The molecule has 1 heterocycles. The lowest BCUT2D eigenvalue weighted by Gasteiger charge is -2.17. The van der Waals surface area contributed by atoms with Gasteiger partial charge in [0, 0.05) is 9.50 Å². The van der Waals surface area contributed by atoms with Crippen LogP contribution in [0.25, 0.3) is 5.69 Å². The average molecular weight is 473 g/mol. The summed E-state index contributed by atoms with van der Waals surface area (Å²) in [5.41, 5.74) is -0.808. The minimum Gasteiger partial charge on any atom is -0.345 e. The Balaban J connectivity index is 1.96. The van der Waals surface area contributed by atoms with Crippen molar-refractivity contribution in [3.63, 3.8) is 0 Å². The van der Waals surface area contributed by atoms with E-state index in [2.05, 4.69) is 26.3 Å². The van der Waals surface area contributed by atoms with E-state index in [0.29, 0.717) is 9.70 Å². The van der Waals surface area contributed by atoms with Gasteiger partial charge in [0.05, 0.1) is 23.5 Å². The van der Waals surface area contributed by atoms with E-state index in [0.717, 1.165) is 16.2 Å². The molecule has 3 aromatic rings. The second-order valence-electron chi connectivity index (χ2n) is 6.01. The van der Waals surface area contributed by atoms with Crippen LogP contribution >= 0.6 is 27.5 Å². The molecule has 0 saturated heterocycles. The van der Waals surface area contributed by atoms with E-state index in [1.165, 1.54) is 24.3 Å². The van der Waals surface area contributed by atoms with Gasteiger partial charge < -0.3 is 5.32 Å². The molecule has 146 valence electrons. The fourth-order valence-electron chi connectivity index (χ4n) is 2.74. The topological polar surface area (TPSA) is 46.9 Å². The van der Waals surface area contributed by atoms with Crippen LogP contribution in [0.15, 0.2) is 59.2 Å². The summed E-state index contributed by atoms with van der Waals surface area (Å²) >= 11 is 9.16. The molecule has 1 aromatic heterocycles. The van der Waals surface area contributed by atoms with Gasteiger partial charge in [-0.1, -0.05) is 45.7 Å². The number of amides is 1. The Morgan fingerprint density at radius 2 is 1.82 bits per heavy atom. The third kappa shape index (κ3) is 4.23. The van der Waals surface area contributed by atoms with Crippen LogP contribution in [0.5, 0.6) is 0 Å². The number of carbonyl (C=O) groups is 1. The Hall–Kier alpha value is -2.32. The van der Waals surface area contributed by atoms with Gasteiger partial charge in [-0.2, -0.15) is 18.3 Å². The second kappa shape index (κ2) is 7.97. The zero-order valence-electron chi connectivity index (χ0n) is 14.5. The summed E-state index contributed by atoms with van der Waals surface area (Å²) < 4.78 is 42.6. The highest BCUT2D eigenvalue weighted by Crippen LogP contribution is 2.34. The normalized spacial score (nSPS) is 12.6. The van der Waals surface area contributed by atoms with Crippen LogP contribution in [0.4, 0.5) is 13.2 Å². The molecule has 0 aliphatic rings. The predicted octanol–water partition coefficient (Wildman–Crippen LogP) is 5.80. The number of alkyl halides is 3. The zero-order chi connectivity index (χ0) is 20.5. The summed E-state index contributed by atoms with van der Waals surface area (Å²) in [6, 6.07) is 12.3. The molecular formula is C19H14BrClF3N3O. The van der Waals surface area contributed by atoms with Gasteiger partial charge in [-0.15, -0.1) is 0 Å². The van der Waals surface area contributed by atoms with Gasteiger partial charge in [-0.3, -0.25) is 4.79 Å². The number of aromatic nitrogens is 2. The Labute approximate surface area is 172 Å². The Bertz CT molecular complexity index is 1000. The molecule has 0 spiro atoms. The molecular weight excluding hydrogens is 459 g/mol. The van der Waals surface area contributed by atoms with Crippen LogP contribution in [0.2, 0.25) is 5.02 Å². The molecule has 0 radical (unpaired) electrons. The lowest BCUT2D eigenvalue weighted by Crippen LogP contribution is -2.29. The third-order valence-electron chi connectivity index (χ3n) is 4.07. The Kier molecular flexibility index (Phi) is 5.81. The second-order valence-corrected chi connectivity index (χ2v) is 7.30. The molecule has 1 atom stereocenters. The summed E-state index contributed by atoms with van der Waals surface area (Å²) in [6.45, 7) is 1.69. The summed E-state index contributed by atoms with van der Waals surface area (Å²) in [6.07, 6.45) is -3.86. The maximum Gasteiger partial charge on any atom is 0.434 e. The van der Waals surface area contributed by atoms with E-state index < -0.39 is 29.4 Å². The average Bonchev–Trinajstić information content (AvgIpc) is 3.08. The lowest BCUT2D eigenvalue weighted by atomic mass is 10.1. The first-order valence-corrected chi connectivity index (χ1v) is 9.32. The van der Waals surface area contributed by atoms with Crippen LogP contribution in [0, 0.1) is 0 Å². The Morgan fingerprint density at radius 3 is 2.43 bits per heavy atom. The van der Waals surface area contributed by atoms with Crippen LogP contribution in [-0.2, 0) is 6.18 Å². The first-order chi connectivity index (χ1) is 13.2. The van der Waals surface area contributed by atoms with Gasteiger partial charge in [0.25, 0.3) is 5.91 Å². The van der Waals surface area contributed by atoms with Gasteiger partial charge in [0.1, 0.15) is 0 Å². The predicted molar refractivity (Wildman–Crippen MR) is 104 cm³/mol. The quantitative estimate of drug-likeness (QED) is 0.522. The number of rotatable bonds is 4. The van der Waals surface area contributed by atoms with Gasteiger partial charge >= 0.3 is 6.18 Å². The van der Waals surface area contributed by atoms with Crippen molar-refractivity contribution in [1.29, 1.82) is 0 Å². The largest absolute Gasteiger partial charge is 0.434 e.